The van der Waals surface area contributed by atoms with Crippen molar-refractivity contribution in [3.63, 3.8) is 0 Å². The van der Waals surface area contributed by atoms with Gasteiger partial charge in [-0.2, -0.15) is 0 Å². The number of hydrogen-bond acceptors (Lipinski definition) is 2. The van der Waals surface area contributed by atoms with Crippen molar-refractivity contribution < 1.29 is 0 Å². The number of imidazole rings is 1. The van der Waals surface area contributed by atoms with E-state index in [9.17, 15) is 0 Å². The zero-order valence-corrected chi connectivity index (χ0v) is 11.8. The summed E-state index contributed by atoms with van der Waals surface area (Å²) in [5, 5.41) is 3.51. The molecule has 3 heteroatoms. The molecule has 2 aromatic rings. The predicted molar refractivity (Wildman–Crippen MR) is 77.0 cm³/mol. The zero-order chi connectivity index (χ0) is 13.1. The Hall–Kier alpha value is -1.35. The van der Waals surface area contributed by atoms with Gasteiger partial charge in [0.05, 0.1) is 17.4 Å². The molecule has 3 nitrogen and oxygen atoms in total. The molecule has 0 saturated heterocycles. The third kappa shape index (κ3) is 2.72. The van der Waals surface area contributed by atoms with Crippen LogP contribution in [0.4, 0.5) is 0 Å². The number of nitrogens with zero attached hydrogens (tertiary/aromatic N) is 2. The second-order valence-electron chi connectivity index (χ2n) is 5.18. The Bertz CT molecular complexity index is 528. The van der Waals surface area contributed by atoms with E-state index in [0.29, 0.717) is 6.04 Å². The van der Waals surface area contributed by atoms with Gasteiger partial charge in [0, 0.05) is 12.6 Å². The lowest BCUT2D eigenvalue weighted by molar-refractivity contribution is 0.483. The molecular weight excluding hydrogens is 222 g/mol. The molecule has 1 N–H and O–H groups in total. The summed E-state index contributed by atoms with van der Waals surface area (Å²) in [5.74, 6) is 0. The summed E-state index contributed by atoms with van der Waals surface area (Å²) >= 11 is 0. The molecule has 0 fully saturated rings. The van der Waals surface area contributed by atoms with Crippen molar-refractivity contribution >= 4 is 11.0 Å². The first kappa shape index (κ1) is 13.1. The minimum absolute atomic E-state index is 0.476. The highest BCUT2D eigenvalue weighted by Gasteiger charge is 2.07. The maximum absolute atomic E-state index is 4.49. The van der Waals surface area contributed by atoms with Gasteiger partial charge in [0.1, 0.15) is 0 Å². The Morgan fingerprint density at radius 1 is 1.28 bits per heavy atom. The van der Waals surface area contributed by atoms with Gasteiger partial charge in [-0.05, 0) is 57.0 Å². The van der Waals surface area contributed by atoms with Crippen LogP contribution < -0.4 is 5.32 Å². The van der Waals surface area contributed by atoms with Crippen molar-refractivity contribution in [3.05, 3.63) is 29.6 Å². The Balaban J connectivity index is 2.21. The third-order valence-electron chi connectivity index (χ3n) is 3.45. The summed E-state index contributed by atoms with van der Waals surface area (Å²) in [7, 11) is 0. The highest BCUT2D eigenvalue weighted by molar-refractivity contribution is 5.77. The van der Waals surface area contributed by atoms with E-state index in [1.54, 1.807) is 0 Å². The van der Waals surface area contributed by atoms with Crippen molar-refractivity contribution in [3.8, 4) is 0 Å². The van der Waals surface area contributed by atoms with Gasteiger partial charge >= 0.3 is 0 Å². The summed E-state index contributed by atoms with van der Waals surface area (Å²) < 4.78 is 2.25. The van der Waals surface area contributed by atoms with Gasteiger partial charge in [-0.1, -0.05) is 6.92 Å². The smallest absolute Gasteiger partial charge is 0.0958 e. The van der Waals surface area contributed by atoms with E-state index in [-0.39, 0.29) is 0 Å². The van der Waals surface area contributed by atoms with Crippen molar-refractivity contribution in [2.45, 2.75) is 46.7 Å². The average Bonchev–Trinajstić information content (AvgIpc) is 2.70. The Labute approximate surface area is 109 Å². The normalized spacial score (nSPS) is 13.1. The fourth-order valence-electron chi connectivity index (χ4n) is 2.21. The van der Waals surface area contributed by atoms with Crippen LogP contribution >= 0.6 is 0 Å². The number of aromatic nitrogens is 2. The van der Waals surface area contributed by atoms with Gasteiger partial charge in [-0.3, -0.25) is 0 Å². The first-order valence-corrected chi connectivity index (χ1v) is 6.77. The molecule has 1 aromatic carbocycles. The summed E-state index contributed by atoms with van der Waals surface area (Å²) in [6.07, 6.45) is 3.13. The molecule has 1 unspecified atom stereocenters. The van der Waals surface area contributed by atoms with E-state index in [0.717, 1.165) is 18.6 Å². The molecule has 0 aliphatic heterocycles. The maximum Gasteiger partial charge on any atom is 0.0958 e. The molecule has 0 saturated carbocycles. The molecule has 0 aliphatic rings. The Morgan fingerprint density at radius 2 is 2.00 bits per heavy atom. The molecule has 1 heterocycles. The largest absolute Gasteiger partial charge is 0.329 e. The first-order chi connectivity index (χ1) is 8.61. The van der Waals surface area contributed by atoms with E-state index < -0.39 is 0 Å². The van der Waals surface area contributed by atoms with Crippen molar-refractivity contribution in [1.29, 1.82) is 0 Å². The lowest BCUT2D eigenvalue weighted by Crippen LogP contribution is -2.30. The zero-order valence-electron chi connectivity index (χ0n) is 11.8. The van der Waals surface area contributed by atoms with E-state index in [1.165, 1.54) is 23.1 Å². The summed E-state index contributed by atoms with van der Waals surface area (Å²) in [5.41, 5.74) is 4.98. The highest BCUT2D eigenvalue weighted by Crippen LogP contribution is 2.18. The predicted octanol–water partition coefficient (Wildman–Crippen LogP) is 3.04. The molecule has 0 amide bonds. The van der Waals surface area contributed by atoms with E-state index in [2.05, 4.69) is 54.7 Å². The van der Waals surface area contributed by atoms with Crippen molar-refractivity contribution in [2.24, 2.45) is 0 Å². The van der Waals surface area contributed by atoms with Crippen molar-refractivity contribution in [1.82, 2.24) is 14.9 Å². The molecule has 0 bridgehead atoms. The SMILES string of the molecule is CCCNC(C)Cn1cnc2cc(C)c(C)cc21. The summed E-state index contributed by atoms with van der Waals surface area (Å²) in [4.78, 5) is 4.49. The van der Waals surface area contributed by atoms with Crippen LogP contribution in [-0.4, -0.2) is 22.1 Å². The van der Waals surface area contributed by atoms with Gasteiger partial charge in [-0.15, -0.1) is 0 Å². The minimum Gasteiger partial charge on any atom is -0.329 e. The molecular formula is C15H23N3. The fraction of sp³-hybridized carbons (Fsp3) is 0.533. The van der Waals surface area contributed by atoms with Crippen LogP contribution in [-0.2, 0) is 6.54 Å². The summed E-state index contributed by atoms with van der Waals surface area (Å²) in [6.45, 7) is 10.8. The Kier molecular flexibility index (Phi) is 4.02. The van der Waals surface area contributed by atoms with Gasteiger partial charge < -0.3 is 9.88 Å². The standard InChI is InChI=1S/C15H23N3/c1-5-6-16-13(4)9-18-10-17-14-7-11(2)12(3)8-15(14)18/h7-8,10,13,16H,5-6,9H2,1-4H3. The number of aryl methyl sites for hydroxylation is 2. The molecule has 0 radical (unpaired) electrons. The highest BCUT2D eigenvalue weighted by atomic mass is 15.1. The maximum atomic E-state index is 4.49. The monoisotopic (exact) mass is 245 g/mol. The number of nitrogens with one attached hydrogen (secondary N) is 1. The van der Waals surface area contributed by atoms with E-state index in [4.69, 9.17) is 0 Å². The molecule has 0 aliphatic carbocycles. The molecule has 1 atom stereocenters. The molecule has 0 spiro atoms. The second-order valence-corrected chi connectivity index (χ2v) is 5.18. The molecule has 1 aromatic heterocycles. The Morgan fingerprint density at radius 3 is 2.72 bits per heavy atom. The van der Waals surface area contributed by atoms with E-state index in [1.807, 2.05) is 6.33 Å². The summed E-state index contributed by atoms with van der Waals surface area (Å²) in [6, 6.07) is 4.89. The third-order valence-corrected chi connectivity index (χ3v) is 3.45. The lowest BCUT2D eigenvalue weighted by atomic mass is 10.1. The number of rotatable bonds is 5. The lowest BCUT2D eigenvalue weighted by Gasteiger charge is -2.14. The van der Waals surface area contributed by atoms with Crippen molar-refractivity contribution in [2.75, 3.05) is 6.54 Å². The van der Waals surface area contributed by atoms with Crippen LogP contribution in [0.3, 0.4) is 0 Å². The van der Waals surface area contributed by atoms with Gasteiger partial charge in [0.25, 0.3) is 0 Å². The fourth-order valence-corrected chi connectivity index (χ4v) is 2.21. The molecule has 98 valence electrons. The molecule has 18 heavy (non-hydrogen) atoms. The average molecular weight is 245 g/mol. The topological polar surface area (TPSA) is 29.9 Å². The van der Waals surface area contributed by atoms with Crippen LogP contribution in [0.2, 0.25) is 0 Å². The second kappa shape index (κ2) is 5.53. The van der Waals surface area contributed by atoms with Crippen LogP contribution in [0.1, 0.15) is 31.4 Å². The quantitative estimate of drug-likeness (QED) is 0.877. The van der Waals surface area contributed by atoms with Crippen LogP contribution in [0, 0.1) is 13.8 Å². The molecule has 2 rings (SSSR count). The van der Waals surface area contributed by atoms with E-state index >= 15 is 0 Å². The van der Waals surface area contributed by atoms with Gasteiger partial charge in [-0.25, -0.2) is 4.98 Å². The van der Waals surface area contributed by atoms with Crippen LogP contribution in [0.15, 0.2) is 18.5 Å². The van der Waals surface area contributed by atoms with Gasteiger partial charge in [0.15, 0.2) is 0 Å². The number of hydrogen-bond donors (Lipinski definition) is 1. The van der Waals surface area contributed by atoms with Gasteiger partial charge in [0.2, 0.25) is 0 Å². The number of benzene rings is 1. The van der Waals surface area contributed by atoms with Crippen LogP contribution in [0.5, 0.6) is 0 Å². The number of fused-ring (bicyclic) bond motifs is 1. The minimum atomic E-state index is 0.476. The first-order valence-electron chi connectivity index (χ1n) is 6.77. The van der Waals surface area contributed by atoms with Crippen LogP contribution in [0.25, 0.3) is 11.0 Å².